The molecule has 4 aliphatic rings. The van der Waals surface area contributed by atoms with Crippen LogP contribution in [0.2, 0.25) is 0 Å². The van der Waals surface area contributed by atoms with E-state index in [1.54, 1.807) is 31.5 Å². The van der Waals surface area contributed by atoms with Crippen molar-refractivity contribution in [3.8, 4) is 0 Å². The van der Waals surface area contributed by atoms with Gasteiger partial charge in [0, 0.05) is 42.4 Å². The molecule has 0 radical (unpaired) electrons. The van der Waals surface area contributed by atoms with Gasteiger partial charge in [-0.1, -0.05) is 12.1 Å². The lowest BCUT2D eigenvalue weighted by molar-refractivity contribution is -0.153. The number of nitrogens with zero attached hydrogens (tertiary/aromatic N) is 4. The molecular weight excluding hydrogens is 587 g/mol. The monoisotopic (exact) mass is 617 g/mol. The number of aliphatic carboxylic acids is 1. The quantitative estimate of drug-likeness (QED) is 0.433. The number of nitrogens with one attached hydrogen (secondary N) is 1. The summed E-state index contributed by atoms with van der Waals surface area (Å²) in [4.78, 5) is 49.9. The number of benzene rings is 1. The predicted octanol–water partition coefficient (Wildman–Crippen LogP) is 3.14. The molecule has 43 heavy (non-hydrogen) atoms. The molecule has 0 spiro atoms. The number of hydrogen-bond acceptors (Lipinski definition) is 9. The Bertz CT molecular complexity index is 1520. The van der Waals surface area contributed by atoms with Crippen LogP contribution in [0.1, 0.15) is 41.9 Å². The first-order valence-corrected chi connectivity index (χ1v) is 14.9. The van der Waals surface area contributed by atoms with Crippen molar-refractivity contribution in [1.29, 1.82) is 0 Å². The fourth-order valence-corrected chi connectivity index (χ4v) is 7.12. The number of fused-ring (bicyclic) bond motifs is 1. The molecule has 2 saturated heterocycles. The average molecular weight is 618 g/mol. The molecule has 4 heterocycles. The maximum absolute atomic E-state index is 15.4. The number of carbonyl (C=O) groups excluding carboxylic acids is 2. The Morgan fingerprint density at radius 3 is 2.72 bits per heavy atom. The summed E-state index contributed by atoms with van der Waals surface area (Å²) in [6, 6.07) is 2.21. The molecule has 3 fully saturated rings. The van der Waals surface area contributed by atoms with Gasteiger partial charge in [-0.05, 0) is 43.9 Å². The molecule has 2 N–H and O–H groups in total. The molecule has 3 atom stereocenters. The van der Waals surface area contributed by atoms with Crippen molar-refractivity contribution in [2.45, 2.75) is 50.7 Å². The van der Waals surface area contributed by atoms with E-state index in [9.17, 15) is 23.9 Å². The van der Waals surface area contributed by atoms with E-state index >= 15 is 8.78 Å². The number of aliphatic imine (C=N–C) groups is 1. The summed E-state index contributed by atoms with van der Waals surface area (Å²) in [6.07, 6.45) is 2.04. The fourth-order valence-electron chi connectivity index (χ4n) is 6.53. The van der Waals surface area contributed by atoms with Crippen LogP contribution in [-0.4, -0.2) is 87.8 Å². The standard InChI is InChI=1S/C29H30F3N5O5S/c1-3-42-28(41)21-19(34-24(25-33-7-8-43-25)35-23(21)17-5-4-6-18(30)14(17)2)11-36-13-29(31,32)22-20(36)12-37(26(22)38)16-9-15(10-16)27(39)40/h4-8,15-16,20,22-23H,3,9-13H2,1-2H3,(H,34,35)(H,39,40). The van der Waals surface area contributed by atoms with E-state index in [-0.39, 0.29) is 49.4 Å². The smallest absolute Gasteiger partial charge is 0.338 e. The van der Waals surface area contributed by atoms with Crippen molar-refractivity contribution in [2.24, 2.45) is 16.8 Å². The zero-order chi connectivity index (χ0) is 30.6. The Labute approximate surface area is 249 Å². The molecular formula is C29H30F3N5O5S. The van der Waals surface area contributed by atoms with Crippen LogP contribution < -0.4 is 5.32 Å². The first-order valence-electron chi connectivity index (χ1n) is 14.0. The molecule has 3 aliphatic heterocycles. The van der Waals surface area contributed by atoms with E-state index in [0.717, 1.165) is 0 Å². The van der Waals surface area contributed by atoms with Gasteiger partial charge < -0.3 is 20.1 Å². The van der Waals surface area contributed by atoms with E-state index in [1.165, 1.54) is 33.3 Å². The van der Waals surface area contributed by atoms with Gasteiger partial charge in [0.05, 0.1) is 24.6 Å². The van der Waals surface area contributed by atoms with E-state index < -0.39 is 66.1 Å². The number of hydrogen-bond donors (Lipinski definition) is 2. The minimum absolute atomic E-state index is 0.0258. The zero-order valence-electron chi connectivity index (χ0n) is 23.4. The molecule has 1 saturated carbocycles. The van der Waals surface area contributed by atoms with Crippen LogP contribution in [0.15, 0.2) is 46.0 Å². The molecule has 1 amide bonds. The SMILES string of the molecule is CCOC(=O)C1=C(CN2CC(F)(F)C3C(=O)N(C4CC(C(=O)O)C4)CC32)NC(c2nccs2)=NC1c1cccc(F)c1C. The lowest BCUT2D eigenvalue weighted by Gasteiger charge is -2.40. The van der Waals surface area contributed by atoms with Gasteiger partial charge in [-0.25, -0.2) is 22.9 Å². The van der Waals surface area contributed by atoms with Crippen molar-refractivity contribution in [1.82, 2.24) is 20.1 Å². The third-order valence-corrected chi connectivity index (χ3v) is 9.56. The number of ether oxygens (including phenoxy) is 1. The summed E-state index contributed by atoms with van der Waals surface area (Å²) >= 11 is 1.28. The third kappa shape index (κ3) is 5.09. The van der Waals surface area contributed by atoms with Crippen molar-refractivity contribution < 1.29 is 37.4 Å². The Hall–Kier alpha value is -3.78. The minimum atomic E-state index is -3.34. The molecule has 1 aromatic carbocycles. The van der Waals surface area contributed by atoms with Gasteiger partial charge in [0.15, 0.2) is 10.8 Å². The van der Waals surface area contributed by atoms with Crippen LogP contribution in [0, 0.1) is 24.6 Å². The number of thiazole rings is 1. The second-order valence-electron chi connectivity index (χ2n) is 11.3. The van der Waals surface area contributed by atoms with Crippen LogP contribution in [0.3, 0.4) is 0 Å². The highest BCUT2D eigenvalue weighted by Crippen LogP contribution is 2.47. The van der Waals surface area contributed by atoms with Gasteiger partial charge >= 0.3 is 11.9 Å². The lowest BCUT2D eigenvalue weighted by Crippen LogP contribution is -2.50. The maximum atomic E-state index is 15.4. The Morgan fingerprint density at radius 2 is 2.05 bits per heavy atom. The summed E-state index contributed by atoms with van der Waals surface area (Å²) in [7, 11) is 0. The first-order chi connectivity index (χ1) is 20.5. The summed E-state index contributed by atoms with van der Waals surface area (Å²) in [6.45, 7) is 2.41. The second-order valence-corrected chi connectivity index (χ2v) is 12.2. The van der Waals surface area contributed by atoms with Gasteiger partial charge in [0.25, 0.3) is 5.92 Å². The van der Waals surface area contributed by atoms with E-state index in [0.29, 0.717) is 16.4 Å². The van der Waals surface area contributed by atoms with E-state index in [1.807, 2.05) is 0 Å². The fraction of sp³-hybridized carbons (Fsp3) is 0.483. The van der Waals surface area contributed by atoms with Crippen LogP contribution in [0.5, 0.6) is 0 Å². The van der Waals surface area contributed by atoms with Gasteiger partial charge in [0.2, 0.25) is 5.91 Å². The molecule has 14 heteroatoms. The van der Waals surface area contributed by atoms with Crippen molar-refractivity contribution >= 4 is 35.0 Å². The Kier molecular flexibility index (Phi) is 7.53. The molecule has 2 aromatic rings. The highest BCUT2D eigenvalue weighted by atomic mass is 32.1. The number of carboxylic acids is 1. The number of carbonyl (C=O) groups is 3. The molecule has 0 bridgehead atoms. The second kappa shape index (κ2) is 11.1. The van der Waals surface area contributed by atoms with Gasteiger partial charge in [0.1, 0.15) is 17.8 Å². The van der Waals surface area contributed by atoms with Gasteiger partial charge in [-0.3, -0.25) is 19.5 Å². The highest BCUT2D eigenvalue weighted by Gasteiger charge is 2.64. The normalized spacial score (nSPS) is 28.3. The van der Waals surface area contributed by atoms with Crippen LogP contribution >= 0.6 is 11.3 Å². The van der Waals surface area contributed by atoms with Crippen molar-refractivity contribution in [2.75, 3.05) is 26.2 Å². The summed E-state index contributed by atoms with van der Waals surface area (Å²) in [5.41, 5.74) is 1.01. The van der Waals surface area contributed by atoms with E-state index in [2.05, 4.69) is 10.3 Å². The topological polar surface area (TPSA) is 124 Å². The van der Waals surface area contributed by atoms with Crippen LogP contribution in [0.4, 0.5) is 13.2 Å². The zero-order valence-corrected chi connectivity index (χ0v) is 24.2. The summed E-state index contributed by atoms with van der Waals surface area (Å²) in [5, 5.41) is 14.6. The number of carboxylic acid groups (broad SMARTS) is 1. The molecule has 1 aromatic heterocycles. The number of halogens is 3. The van der Waals surface area contributed by atoms with Crippen molar-refractivity contribution in [3.63, 3.8) is 0 Å². The maximum Gasteiger partial charge on any atom is 0.338 e. The Morgan fingerprint density at radius 1 is 1.28 bits per heavy atom. The largest absolute Gasteiger partial charge is 0.481 e. The molecule has 228 valence electrons. The molecule has 10 nitrogen and oxygen atoms in total. The number of likely N-dealkylation sites (tertiary alicyclic amines) is 2. The number of amidine groups is 1. The van der Waals surface area contributed by atoms with E-state index in [4.69, 9.17) is 9.73 Å². The van der Waals surface area contributed by atoms with Gasteiger partial charge in [-0.15, -0.1) is 11.3 Å². The molecule has 3 unspecified atom stereocenters. The number of alkyl halides is 2. The van der Waals surface area contributed by atoms with Crippen molar-refractivity contribution in [3.05, 3.63) is 63.0 Å². The number of rotatable bonds is 8. The number of esters is 1. The predicted molar refractivity (Wildman–Crippen MR) is 149 cm³/mol. The summed E-state index contributed by atoms with van der Waals surface area (Å²) in [5.74, 6) is -8.06. The number of aromatic nitrogens is 1. The minimum Gasteiger partial charge on any atom is -0.481 e. The molecule has 6 rings (SSSR count). The average Bonchev–Trinajstić information content (AvgIpc) is 3.63. The van der Waals surface area contributed by atoms with Crippen LogP contribution in [-0.2, 0) is 19.1 Å². The highest BCUT2D eigenvalue weighted by molar-refractivity contribution is 7.11. The Balaban J connectivity index is 1.37. The van der Waals surface area contributed by atoms with Gasteiger partial charge in [-0.2, -0.15) is 0 Å². The first kappa shape index (κ1) is 29.3. The van der Waals surface area contributed by atoms with Crippen LogP contribution in [0.25, 0.3) is 0 Å². The lowest BCUT2D eigenvalue weighted by atomic mass is 9.79. The summed E-state index contributed by atoms with van der Waals surface area (Å²) < 4.78 is 51.0. The molecule has 1 aliphatic carbocycles. The number of amides is 1. The third-order valence-electron chi connectivity index (χ3n) is 8.78.